The molecule has 1 unspecified atom stereocenters. The second kappa shape index (κ2) is 19.9. The van der Waals surface area contributed by atoms with Crippen LogP contribution in [0.4, 0.5) is 0 Å². The maximum atomic E-state index is 6.25. The molecule has 2 rings (SSSR count). The average Bonchev–Trinajstić information content (AvgIpc) is 2.66. The molecule has 0 radical (unpaired) electrons. The van der Waals surface area contributed by atoms with E-state index in [0.717, 1.165) is 6.54 Å². The normalized spacial score (nSPS) is 15.8. The average molecular weight is 545 g/mol. The molecule has 0 aromatic heterocycles. The molecule has 25 heavy (non-hydrogen) atoms. The Kier molecular flexibility index (Phi) is 21.4. The number of benzene rings is 1. The predicted octanol–water partition coefficient (Wildman–Crippen LogP) is 5.23. The largest absolute Gasteiger partial charge is 3.00 e. The summed E-state index contributed by atoms with van der Waals surface area (Å²) in [6.45, 7) is 13.6. The summed E-state index contributed by atoms with van der Waals surface area (Å²) in [7, 11) is -1.40. The molecule has 1 aliphatic rings. The zero-order valence-corrected chi connectivity index (χ0v) is 18.7. The number of rotatable bonds is 7. The third-order valence-electron chi connectivity index (χ3n) is 3.11. The number of piperidine rings is 1. The van der Waals surface area contributed by atoms with E-state index in [9.17, 15) is 0 Å². The minimum Gasteiger partial charge on any atom is -0.657 e. The van der Waals surface area contributed by atoms with Gasteiger partial charge < -0.3 is 17.2 Å². The van der Waals surface area contributed by atoms with Crippen LogP contribution in [0, 0.1) is 17.9 Å². The van der Waals surface area contributed by atoms with Gasteiger partial charge in [-0.2, -0.15) is 49.5 Å². The fraction of sp³-hybridized carbons (Fsp3) is 0.611. The van der Waals surface area contributed by atoms with Gasteiger partial charge >= 0.3 is 28.7 Å². The molecule has 1 atom stereocenters. The van der Waals surface area contributed by atoms with Gasteiger partial charge in [0.2, 0.25) is 0 Å². The van der Waals surface area contributed by atoms with Crippen molar-refractivity contribution >= 4 is 8.60 Å². The van der Waals surface area contributed by atoms with Gasteiger partial charge in [0, 0.05) is 0 Å². The Morgan fingerprint density at radius 1 is 1.12 bits per heavy atom. The molecular weight excluding hydrogens is 515 g/mol. The molecule has 0 amide bonds. The van der Waals surface area contributed by atoms with Gasteiger partial charge in [-0.15, -0.1) is 12.6 Å². The van der Waals surface area contributed by atoms with Crippen molar-refractivity contribution in [2.45, 2.75) is 46.1 Å². The van der Waals surface area contributed by atoms with Crippen molar-refractivity contribution in [2.75, 3.05) is 26.4 Å². The molecular formula is C18H29IrN2O3P+. The third kappa shape index (κ3) is 13.5. The molecule has 1 saturated heterocycles. The zero-order valence-electron chi connectivity index (χ0n) is 15.3. The molecule has 1 aromatic carbocycles. The summed E-state index contributed by atoms with van der Waals surface area (Å²) in [5, 5.41) is 10.8. The molecule has 1 aliphatic heterocycles. The van der Waals surface area contributed by atoms with Gasteiger partial charge in [-0.25, -0.2) is 0 Å². The van der Waals surface area contributed by atoms with Crippen molar-refractivity contribution in [1.29, 1.82) is 5.26 Å². The van der Waals surface area contributed by atoms with Crippen LogP contribution in [0.2, 0.25) is 0 Å². The van der Waals surface area contributed by atoms with Gasteiger partial charge in [0.1, 0.15) is 0 Å². The smallest absolute Gasteiger partial charge is 0.657 e. The summed E-state index contributed by atoms with van der Waals surface area (Å²) in [6, 6.07) is 11.8. The molecule has 1 aromatic rings. The van der Waals surface area contributed by atoms with Gasteiger partial charge in [-0.3, -0.25) is 0 Å². The van der Waals surface area contributed by atoms with Gasteiger partial charge in [-0.05, 0) is 20.8 Å². The van der Waals surface area contributed by atoms with E-state index < -0.39 is 8.60 Å². The maximum Gasteiger partial charge on any atom is 3.00 e. The Morgan fingerprint density at radius 3 is 2.12 bits per heavy atom. The van der Waals surface area contributed by atoms with E-state index in [1.807, 2.05) is 32.9 Å². The van der Waals surface area contributed by atoms with E-state index >= 15 is 0 Å². The fourth-order valence-electron chi connectivity index (χ4n) is 2.13. The van der Waals surface area contributed by atoms with Gasteiger partial charge in [0.15, 0.2) is 0 Å². The molecule has 5 nitrogen and oxygen atoms in total. The molecule has 142 valence electrons. The summed E-state index contributed by atoms with van der Waals surface area (Å²) >= 11 is 0. The van der Waals surface area contributed by atoms with Crippen LogP contribution in [0.15, 0.2) is 24.3 Å². The van der Waals surface area contributed by atoms with E-state index in [4.69, 9.17) is 25.4 Å². The Balaban J connectivity index is 0. The van der Waals surface area contributed by atoms with Crippen LogP contribution < -0.4 is 0 Å². The molecule has 1 heterocycles. The minimum atomic E-state index is -1.40. The fourth-order valence-corrected chi connectivity index (χ4v) is 3.09. The number of hydrogen-bond donors (Lipinski definition) is 0. The number of nitrogens with zero attached hydrogens (tertiary/aromatic N) is 2. The second-order valence-corrected chi connectivity index (χ2v) is 6.15. The van der Waals surface area contributed by atoms with E-state index in [2.05, 4.69) is 23.5 Å². The quantitative estimate of drug-likeness (QED) is 0.348. The topological polar surface area (TPSA) is 65.6 Å². The van der Waals surface area contributed by atoms with E-state index in [0.29, 0.717) is 25.9 Å². The summed E-state index contributed by atoms with van der Waals surface area (Å²) in [6.07, 6.45) is 3.79. The summed E-state index contributed by atoms with van der Waals surface area (Å²) in [4.78, 5) is 0. The van der Waals surface area contributed by atoms with Crippen LogP contribution in [0.5, 0.6) is 0 Å². The predicted molar refractivity (Wildman–Crippen MR) is 98.3 cm³/mol. The Hall–Kier alpha value is -0.371. The van der Waals surface area contributed by atoms with Crippen LogP contribution >= 0.6 is 8.60 Å². The van der Waals surface area contributed by atoms with Crippen LogP contribution in [0.3, 0.4) is 0 Å². The van der Waals surface area contributed by atoms with Crippen molar-refractivity contribution < 1.29 is 33.7 Å². The molecule has 0 saturated carbocycles. The van der Waals surface area contributed by atoms with Gasteiger partial charge in [0.25, 0.3) is 0 Å². The van der Waals surface area contributed by atoms with Gasteiger partial charge in [-0.1, -0.05) is 19.3 Å². The molecule has 7 heteroatoms. The maximum absolute atomic E-state index is 6.25. The van der Waals surface area contributed by atoms with Crippen molar-refractivity contribution in [3.63, 3.8) is 0 Å². The molecule has 0 N–H and O–H groups in total. The summed E-state index contributed by atoms with van der Waals surface area (Å²) in [5.41, 5.74) is 1.26. The van der Waals surface area contributed by atoms with Crippen molar-refractivity contribution in [3.8, 4) is 0 Å². The van der Waals surface area contributed by atoms with Gasteiger partial charge in [0.05, 0.1) is 19.8 Å². The van der Waals surface area contributed by atoms with E-state index in [1.54, 1.807) is 0 Å². The van der Waals surface area contributed by atoms with Crippen LogP contribution in [0.25, 0.3) is 5.32 Å². The van der Waals surface area contributed by atoms with Crippen molar-refractivity contribution in [3.05, 3.63) is 47.8 Å². The Morgan fingerprint density at radius 2 is 1.72 bits per heavy atom. The first-order valence-electron chi connectivity index (χ1n) is 8.42. The van der Waals surface area contributed by atoms with Crippen LogP contribution in [-0.4, -0.2) is 26.4 Å². The second-order valence-electron chi connectivity index (χ2n) is 4.78. The molecule has 1 fully saturated rings. The van der Waals surface area contributed by atoms with Crippen molar-refractivity contribution in [1.82, 2.24) is 0 Å². The van der Waals surface area contributed by atoms with E-state index in [-0.39, 0.29) is 20.1 Å². The van der Waals surface area contributed by atoms with Crippen LogP contribution in [-0.2, 0) is 33.7 Å². The first kappa shape index (κ1) is 26.9. The molecule has 0 bridgehead atoms. The first-order valence-corrected chi connectivity index (χ1v) is 9.65. The first-order chi connectivity index (χ1) is 11.8. The standard InChI is InChI=1S/C11H13N.C6H16O3P.CN.Ir/c1-2-6-10(7-3-1)11-8-4-5-9-12-11;1-4-7-10(8-5-2)9-6-3;1-2;/h1-3,6,11H,4-5,8-9H2;10H,4-6H2,1-3H3;;/q-2;+1;-1;+3. The third-order valence-corrected chi connectivity index (χ3v) is 4.69. The SMILES string of the molecule is CCO[PH+](OCC)OCC.[C-]#N.[Ir+3].[c-]1ccccc1C1CCCC[N-]1. The van der Waals surface area contributed by atoms with E-state index in [1.165, 1.54) is 24.8 Å². The van der Waals surface area contributed by atoms with Crippen molar-refractivity contribution in [2.24, 2.45) is 0 Å². The summed E-state index contributed by atoms with van der Waals surface area (Å²) in [5.74, 6) is 0. The Labute approximate surface area is 167 Å². The Bertz CT molecular complexity index is 390. The minimum absolute atomic E-state index is 0. The zero-order chi connectivity index (χ0) is 18.0. The van der Waals surface area contributed by atoms with Crippen LogP contribution in [0.1, 0.15) is 51.6 Å². The molecule has 0 aliphatic carbocycles. The number of hydrogen-bond acceptors (Lipinski definition) is 4. The summed E-state index contributed by atoms with van der Waals surface area (Å²) < 4.78 is 15.5. The monoisotopic (exact) mass is 545 g/mol. The molecule has 0 spiro atoms.